The highest BCUT2D eigenvalue weighted by atomic mass is 32.2. The topological polar surface area (TPSA) is 9.23 Å². The molecule has 1 nitrogen and oxygen atoms in total. The van der Waals surface area contributed by atoms with Gasteiger partial charge < -0.3 is 4.74 Å². The van der Waals surface area contributed by atoms with Crippen molar-refractivity contribution in [2.75, 3.05) is 11.5 Å². The first-order chi connectivity index (χ1) is 10.7. The summed E-state index contributed by atoms with van der Waals surface area (Å²) in [4.78, 5) is 0. The third-order valence-electron chi connectivity index (χ3n) is 3.87. The zero-order valence-corrected chi connectivity index (χ0v) is 14.8. The Morgan fingerprint density at radius 1 is 1.00 bits per heavy atom. The number of hydrogen-bond donors (Lipinski definition) is 0. The molecule has 1 heterocycles. The van der Waals surface area contributed by atoms with E-state index in [9.17, 15) is 0 Å². The molecule has 0 bridgehead atoms. The third-order valence-corrected chi connectivity index (χ3v) is 6.89. The molecule has 0 amide bonds. The highest BCUT2D eigenvalue weighted by Crippen LogP contribution is 2.43. The van der Waals surface area contributed by atoms with E-state index in [1.54, 1.807) is 0 Å². The molecule has 3 heteroatoms. The van der Waals surface area contributed by atoms with Gasteiger partial charge in [-0.15, -0.1) is 23.5 Å². The quantitative estimate of drug-likeness (QED) is 0.706. The van der Waals surface area contributed by atoms with E-state index in [1.165, 1.54) is 40.2 Å². The maximum Gasteiger partial charge on any atom is 0.119 e. The van der Waals surface area contributed by atoms with Crippen LogP contribution >= 0.6 is 23.5 Å². The Labute approximate surface area is 141 Å². The number of aryl methyl sites for hydroxylation is 2. The summed E-state index contributed by atoms with van der Waals surface area (Å²) in [6.45, 7) is 4.91. The first-order valence-corrected chi connectivity index (χ1v) is 9.84. The Kier molecular flexibility index (Phi) is 5.37. The Balaban J connectivity index is 1.61. The summed E-state index contributed by atoms with van der Waals surface area (Å²) in [6, 6.07) is 15.2. The molecule has 1 aliphatic rings. The lowest BCUT2D eigenvalue weighted by Crippen LogP contribution is -2.01. The van der Waals surface area contributed by atoms with Crippen LogP contribution in [0.3, 0.4) is 0 Å². The molecule has 0 radical (unpaired) electrons. The van der Waals surface area contributed by atoms with Gasteiger partial charge in [0, 0.05) is 0 Å². The van der Waals surface area contributed by atoms with Crippen LogP contribution in [0.2, 0.25) is 0 Å². The van der Waals surface area contributed by atoms with Gasteiger partial charge in [-0.1, -0.05) is 35.9 Å². The minimum Gasteiger partial charge on any atom is -0.489 e. The molecule has 1 saturated heterocycles. The number of thioether (sulfide) groups is 2. The van der Waals surface area contributed by atoms with Gasteiger partial charge in [-0.3, -0.25) is 0 Å². The van der Waals surface area contributed by atoms with E-state index >= 15 is 0 Å². The van der Waals surface area contributed by atoms with Crippen molar-refractivity contribution in [3.8, 4) is 5.75 Å². The van der Waals surface area contributed by atoms with Gasteiger partial charge >= 0.3 is 0 Å². The van der Waals surface area contributed by atoms with Gasteiger partial charge in [-0.25, -0.2) is 0 Å². The normalized spacial score (nSPS) is 15.7. The van der Waals surface area contributed by atoms with Crippen LogP contribution in [0.25, 0.3) is 0 Å². The highest BCUT2D eigenvalue weighted by Gasteiger charge is 2.16. The summed E-state index contributed by atoms with van der Waals surface area (Å²) in [5, 5.41) is 0. The number of benzene rings is 2. The maximum absolute atomic E-state index is 5.94. The van der Waals surface area contributed by atoms with E-state index in [0.29, 0.717) is 11.2 Å². The van der Waals surface area contributed by atoms with E-state index in [-0.39, 0.29) is 0 Å². The summed E-state index contributed by atoms with van der Waals surface area (Å²) < 4.78 is 6.54. The van der Waals surface area contributed by atoms with Gasteiger partial charge in [-0.2, -0.15) is 0 Å². The van der Waals surface area contributed by atoms with Crippen LogP contribution < -0.4 is 4.74 Å². The summed E-state index contributed by atoms with van der Waals surface area (Å²) in [7, 11) is 0. The number of rotatable bonds is 4. The molecule has 2 aromatic carbocycles. The zero-order valence-electron chi connectivity index (χ0n) is 13.2. The second kappa shape index (κ2) is 7.47. The minimum atomic E-state index is 0.599. The zero-order chi connectivity index (χ0) is 15.4. The Bertz CT molecular complexity index is 616. The van der Waals surface area contributed by atoms with Crippen LogP contribution in [0, 0.1) is 13.8 Å². The van der Waals surface area contributed by atoms with Crippen molar-refractivity contribution in [2.45, 2.75) is 31.5 Å². The summed E-state index contributed by atoms with van der Waals surface area (Å²) in [6.07, 6.45) is 1.34. The van der Waals surface area contributed by atoms with Crippen LogP contribution in [-0.4, -0.2) is 11.5 Å². The third kappa shape index (κ3) is 4.02. The fraction of sp³-hybridized carbons (Fsp3) is 0.368. The lowest BCUT2D eigenvalue weighted by Gasteiger charge is -2.21. The predicted molar refractivity (Wildman–Crippen MR) is 99.0 cm³/mol. The first-order valence-electron chi connectivity index (χ1n) is 7.74. The van der Waals surface area contributed by atoms with Gasteiger partial charge in [0.25, 0.3) is 0 Å². The van der Waals surface area contributed by atoms with E-state index in [1.807, 2.05) is 0 Å². The molecule has 0 saturated carbocycles. The fourth-order valence-corrected chi connectivity index (χ4v) is 5.46. The molecular weight excluding hydrogens is 308 g/mol. The van der Waals surface area contributed by atoms with Gasteiger partial charge in [0.05, 0.1) is 4.58 Å². The lowest BCUT2D eigenvalue weighted by molar-refractivity contribution is 0.305. The van der Waals surface area contributed by atoms with Crippen LogP contribution in [0.5, 0.6) is 5.75 Å². The first kappa shape index (κ1) is 15.8. The van der Waals surface area contributed by atoms with Crippen molar-refractivity contribution in [3.05, 3.63) is 64.7 Å². The van der Waals surface area contributed by atoms with Crippen LogP contribution in [0.4, 0.5) is 0 Å². The predicted octanol–water partition coefficient (Wildman–Crippen LogP) is 5.75. The second-order valence-electron chi connectivity index (χ2n) is 5.71. The van der Waals surface area contributed by atoms with Crippen molar-refractivity contribution >= 4 is 23.5 Å². The van der Waals surface area contributed by atoms with Crippen molar-refractivity contribution in [1.82, 2.24) is 0 Å². The van der Waals surface area contributed by atoms with E-state index in [4.69, 9.17) is 4.74 Å². The monoisotopic (exact) mass is 330 g/mol. The summed E-state index contributed by atoms with van der Waals surface area (Å²) in [5.41, 5.74) is 5.27. The maximum atomic E-state index is 5.94. The molecule has 3 rings (SSSR count). The van der Waals surface area contributed by atoms with Crippen LogP contribution in [0.1, 0.15) is 33.3 Å². The molecule has 0 aliphatic carbocycles. The molecule has 0 unspecified atom stereocenters. The van der Waals surface area contributed by atoms with Gasteiger partial charge in [0.2, 0.25) is 0 Å². The number of ether oxygens (including phenoxy) is 1. The molecular formula is C19H22OS2. The average Bonchev–Trinajstić information content (AvgIpc) is 2.55. The molecule has 1 fully saturated rings. The molecule has 116 valence electrons. The molecule has 1 aliphatic heterocycles. The van der Waals surface area contributed by atoms with Crippen molar-refractivity contribution < 1.29 is 4.74 Å². The van der Waals surface area contributed by atoms with Gasteiger partial charge in [0.1, 0.15) is 12.4 Å². The standard InChI is InChI=1S/C19H22OS2/c1-14-4-5-17(15(2)12-14)13-20-18-8-6-16(7-9-18)19-21-10-3-11-22-19/h4-9,12,19H,3,10-11,13H2,1-2H3. The molecule has 0 spiro atoms. The van der Waals surface area contributed by atoms with Crippen molar-refractivity contribution in [2.24, 2.45) is 0 Å². The minimum absolute atomic E-state index is 0.599. The van der Waals surface area contributed by atoms with E-state index in [2.05, 4.69) is 79.8 Å². The molecule has 0 N–H and O–H groups in total. The van der Waals surface area contributed by atoms with Gasteiger partial charge in [-0.05, 0) is 60.6 Å². The van der Waals surface area contributed by atoms with Crippen molar-refractivity contribution in [3.63, 3.8) is 0 Å². The summed E-state index contributed by atoms with van der Waals surface area (Å²) in [5.74, 6) is 3.51. The fourth-order valence-electron chi connectivity index (χ4n) is 2.57. The Morgan fingerprint density at radius 3 is 2.41 bits per heavy atom. The highest BCUT2D eigenvalue weighted by molar-refractivity contribution is 8.16. The van der Waals surface area contributed by atoms with Crippen LogP contribution in [0.15, 0.2) is 42.5 Å². The molecule has 22 heavy (non-hydrogen) atoms. The van der Waals surface area contributed by atoms with E-state index in [0.717, 1.165) is 5.75 Å². The summed E-state index contributed by atoms with van der Waals surface area (Å²) >= 11 is 4.12. The van der Waals surface area contributed by atoms with Crippen molar-refractivity contribution in [1.29, 1.82) is 0 Å². The van der Waals surface area contributed by atoms with E-state index < -0.39 is 0 Å². The largest absolute Gasteiger partial charge is 0.489 e. The molecule has 0 aromatic heterocycles. The SMILES string of the molecule is Cc1ccc(COc2ccc(C3SCCCS3)cc2)c(C)c1. The Hall–Kier alpha value is -1.06. The average molecular weight is 331 g/mol. The second-order valence-corrected chi connectivity index (χ2v) is 8.44. The molecule has 0 atom stereocenters. The number of hydrogen-bond acceptors (Lipinski definition) is 3. The smallest absolute Gasteiger partial charge is 0.119 e. The lowest BCUT2D eigenvalue weighted by atomic mass is 10.1. The Morgan fingerprint density at radius 2 is 1.73 bits per heavy atom. The van der Waals surface area contributed by atoms with Gasteiger partial charge in [0.15, 0.2) is 0 Å². The molecule has 2 aromatic rings. The van der Waals surface area contributed by atoms with Crippen LogP contribution in [-0.2, 0) is 6.61 Å².